The van der Waals surface area contributed by atoms with E-state index in [4.69, 9.17) is 5.26 Å². The quantitative estimate of drug-likeness (QED) is 0.683. The molecule has 1 aliphatic carbocycles. The van der Waals surface area contributed by atoms with Gasteiger partial charge in [0.1, 0.15) is 5.41 Å². The number of carbonyl (C=O) groups is 1. The first kappa shape index (κ1) is 15.1. The molecule has 0 amide bonds. The number of benzene rings is 3. The maximum Gasteiger partial charge on any atom is 0.182 e. The highest BCUT2D eigenvalue weighted by atomic mass is 16.1. The Morgan fingerprint density at radius 3 is 2.12 bits per heavy atom. The number of rotatable bonds is 2. The third kappa shape index (κ3) is 2.29. The zero-order valence-electron chi connectivity index (χ0n) is 13.5. The van der Waals surface area contributed by atoms with Crippen LogP contribution in [0.4, 0.5) is 0 Å². The molecular weight excluding hydrogens is 306 g/mol. The molecule has 0 bridgehead atoms. The summed E-state index contributed by atoms with van der Waals surface area (Å²) in [5.74, 6) is 0.0570. The summed E-state index contributed by atoms with van der Waals surface area (Å²) in [6.07, 6.45) is 4.00. The van der Waals surface area contributed by atoms with Gasteiger partial charge in [0.05, 0.1) is 11.6 Å². The molecule has 2 heteroatoms. The van der Waals surface area contributed by atoms with Gasteiger partial charge in [0, 0.05) is 5.56 Å². The van der Waals surface area contributed by atoms with Crippen LogP contribution >= 0.6 is 0 Å². The molecule has 0 radical (unpaired) electrons. The van der Waals surface area contributed by atoms with Crippen molar-refractivity contribution < 1.29 is 4.79 Å². The van der Waals surface area contributed by atoms with Crippen LogP contribution in [0.1, 0.15) is 32.6 Å². The molecule has 0 aromatic heterocycles. The minimum Gasteiger partial charge on any atom is -0.292 e. The van der Waals surface area contributed by atoms with Crippen LogP contribution in [0, 0.1) is 11.3 Å². The van der Waals surface area contributed by atoms with Crippen LogP contribution in [0.25, 0.3) is 6.08 Å². The van der Waals surface area contributed by atoms with Gasteiger partial charge in [0.2, 0.25) is 0 Å². The highest BCUT2D eigenvalue weighted by Crippen LogP contribution is 2.41. The Kier molecular flexibility index (Phi) is 3.56. The summed E-state index contributed by atoms with van der Waals surface area (Å²) in [7, 11) is 0. The van der Waals surface area contributed by atoms with E-state index in [1.54, 1.807) is 12.1 Å². The van der Waals surface area contributed by atoms with Crippen LogP contribution in [0.15, 0.2) is 84.9 Å². The van der Waals surface area contributed by atoms with E-state index >= 15 is 0 Å². The lowest BCUT2D eigenvalue weighted by Crippen LogP contribution is -2.37. The number of ketones is 1. The van der Waals surface area contributed by atoms with Crippen LogP contribution in [-0.2, 0) is 5.41 Å². The van der Waals surface area contributed by atoms with Crippen molar-refractivity contribution in [3.05, 3.63) is 113 Å². The normalized spacial score (nSPS) is 18.4. The van der Waals surface area contributed by atoms with Crippen LogP contribution in [0.2, 0.25) is 0 Å². The maximum absolute atomic E-state index is 13.6. The summed E-state index contributed by atoms with van der Waals surface area (Å²) in [5, 5.41) is 9.07. The summed E-state index contributed by atoms with van der Waals surface area (Å²) < 4.78 is 0. The van der Waals surface area contributed by atoms with Gasteiger partial charge in [-0.15, -0.1) is 0 Å². The Bertz CT molecular complexity index is 1010. The van der Waals surface area contributed by atoms with Crippen molar-refractivity contribution in [3.8, 4) is 6.07 Å². The number of Topliss-reactive ketones (excluding diaryl/α,β-unsaturated/α-hetero) is 1. The molecule has 1 unspecified atom stereocenters. The van der Waals surface area contributed by atoms with Gasteiger partial charge in [0.25, 0.3) is 0 Å². The molecule has 4 rings (SSSR count). The molecule has 0 N–H and O–H groups in total. The molecule has 0 saturated carbocycles. The molecule has 1 atom stereocenters. The number of fused-ring (bicyclic) bond motifs is 1. The fourth-order valence-corrected chi connectivity index (χ4v) is 3.48. The lowest BCUT2D eigenvalue weighted by atomic mass is 9.66. The Balaban J connectivity index is 1.99. The zero-order chi connectivity index (χ0) is 17.3. The topological polar surface area (TPSA) is 40.9 Å². The van der Waals surface area contributed by atoms with Crippen molar-refractivity contribution in [1.29, 1.82) is 5.26 Å². The Morgan fingerprint density at radius 1 is 0.760 bits per heavy atom. The van der Waals surface area contributed by atoms with Gasteiger partial charge in [0.15, 0.2) is 5.78 Å². The first-order valence-electron chi connectivity index (χ1n) is 8.15. The minimum absolute atomic E-state index is 0.0570. The first-order chi connectivity index (χ1) is 12.3. The third-order valence-corrected chi connectivity index (χ3v) is 4.77. The summed E-state index contributed by atoms with van der Waals surface area (Å²) >= 11 is 0. The van der Waals surface area contributed by atoms with Crippen molar-refractivity contribution in [3.63, 3.8) is 0 Å². The van der Waals surface area contributed by atoms with Gasteiger partial charge >= 0.3 is 0 Å². The van der Waals surface area contributed by atoms with Crippen molar-refractivity contribution >= 4 is 11.9 Å². The summed E-state index contributed by atoms with van der Waals surface area (Å²) in [6, 6.07) is 26.9. The van der Waals surface area contributed by atoms with Gasteiger partial charge in [-0.1, -0.05) is 78.9 Å². The minimum atomic E-state index is -0.871. The largest absolute Gasteiger partial charge is 0.292 e. The molecular formula is C23H15NO. The van der Waals surface area contributed by atoms with E-state index in [0.717, 1.165) is 22.3 Å². The first-order valence-corrected chi connectivity index (χ1v) is 8.15. The SMILES string of the molecule is N#Cc1ccc(C2(c3ccccc3)C=Cc3ccccc3C2=O)cc1. The number of nitrogens with zero attached hydrogens (tertiary/aromatic N) is 1. The molecule has 3 aromatic carbocycles. The standard InChI is InChI=1S/C23H15NO/c24-16-17-10-12-20(13-11-17)23(19-7-2-1-3-8-19)15-14-18-6-4-5-9-21(18)22(23)25/h1-15H. The molecule has 0 heterocycles. The van der Waals surface area contributed by atoms with Crippen LogP contribution in [-0.4, -0.2) is 5.78 Å². The van der Waals surface area contributed by atoms with Crippen molar-refractivity contribution in [2.45, 2.75) is 5.41 Å². The third-order valence-electron chi connectivity index (χ3n) is 4.77. The molecule has 25 heavy (non-hydrogen) atoms. The fraction of sp³-hybridized carbons (Fsp3) is 0.0435. The molecule has 0 spiro atoms. The number of hydrogen-bond acceptors (Lipinski definition) is 2. The van der Waals surface area contributed by atoms with Gasteiger partial charge in [-0.3, -0.25) is 4.79 Å². The Morgan fingerprint density at radius 2 is 1.40 bits per heavy atom. The smallest absolute Gasteiger partial charge is 0.182 e. The summed E-state index contributed by atoms with van der Waals surface area (Å²) in [4.78, 5) is 13.6. The Hall–Kier alpha value is -3.44. The number of nitriles is 1. The average Bonchev–Trinajstić information content (AvgIpc) is 2.70. The van der Waals surface area contributed by atoms with E-state index in [1.165, 1.54) is 0 Å². The number of hydrogen-bond donors (Lipinski definition) is 0. The number of allylic oxidation sites excluding steroid dienone is 1. The highest BCUT2D eigenvalue weighted by molar-refractivity contribution is 6.12. The van der Waals surface area contributed by atoms with E-state index in [2.05, 4.69) is 6.07 Å². The number of carbonyl (C=O) groups excluding carboxylic acids is 1. The van der Waals surface area contributed by atoms with Gasteiger partial charge in [-0.05, 0) is 28.8 Å². The van der Waals surface area contributed by atoms with Gasteiger partial charge < -0.3 is 0 Å². The Labute approximate surface area is 146 Å². The van der Waals surface area contributed by atoms with Gasteiger partial charge in [-0.2, -0.15) is 5.26 Å². The lowest BCUT2D eigenvalue weighted by Gasteiger charge is -2.34. The lowest BCUT2D eigenvalue weighted by molar-refractivity contribution is 0.0937. The molecule has 0 saturated heterocycles. The fourth-order valence-electron chi connectivity index (χ4n) is 3.48. The van der Waals surface area contributed by atoms with Crippen molar-refractivity contribution in [2.24, 2.45) is 0 Å². The molecule has 0 aliphatic heterocycles. The molecule has 1 aliphatic rings. The van der Waals surface area contributed by atoms with Gasteiger partial charge in [-0.25, -0.2) is 0 Å². The second-order valence-electron chi connectivity index (χ2n) is 6.11. The molecule has 118 valence electrons. The second-order valence-corrected chi connectivity index (χ2v) is 6.11. The predicted molar refractivity (Wildman–Crippen MR) is 98.2 cm³/mol. The van der Waals surface area contributed by atoms with Crippen molar-refractivity contribution in [2.75, 3.05) is 0 Å². The van der Waals surface area contributed by atoms with Crippen molar-refractivity contribution in [1.82, 2.24) is 0 Å². The van der Waals surface area contributed by atoms with E-state index in [-0.39, 0.29) is 5.78 Å². The van der Waals surface area contributed by atoms with E-state index in [0.29, 0.717) is 5.56 Å². The zero-order valence-corrected chi connectivity index (χ0v) is 13.5. The predicted octanol–water partition coefficient (Wildman–Crippen LogP) is 4.75. The van der Waals surface area contributed by atoms with Crippen LogP contribution in [0.5, 0.6) is 0 Å². The van der Waals surface area contributed by atoms with E-state index < -0.39 is 5.41 Å². The summed E-state index contributed by atoms with van der Waals surface area (Å²) in [5.41, 5.74) is 3.17. The molecule has 3 aromatic rings. The van der Waals surface area contributed by atoms with Crippen LogP contribution < -0.4 is 0 Å². The monoisotopic (exact) mass is 321 g/mol. The van der Waals surface area contributed by atoms with E-state index in [1.807, 2.05) is 78.9 Å². The summed E-state index contributed by atoms with van der Waals surface area (Å²) in [6.45, 7) is 0. The highest BCUT2D eigenvalue weighted by Gasteiger charge is 2.42. The van der Waals surface area contributed by atoms with Crippen LogP contribution in [0.3, 0.4) is 0 Å². The average molecular weight is 321 g/mol. The van der Waals surface area contributed by atoms with E-state index in [9.17, 15) is 4.79 Å². The molecule has 2 nitrogen and oxygen atoms in total. The second kappa shape index (κ2) is 5.89. The maximum atomic E-state index is 13.6. The molecule has 0 fully saturated rings.